The Morgan fingerprint density at radius 1 is 1.35 bits per heavy atom. The van der Waals surface area contributed by atoms with Crippen LogP contribution in [0.5, 0.6) is 0 Å². The van der Waals surface area contributed by atoms with Crippen LogP contribution in [0.4, 0.5) is 5.69 Å². The lowest BCUT2D eigenvalue weighted by molar-refractivity contribution is -0.152. The van der Waals surface area contributed by atoms with E-state index in [0.717, 1.165) is 4.47 Å². The zero-order valence-corrected chi connectivity index (χ0v) is 11.3. The molecule has 4 nitrogen and oxygen atoms in total. The maximum atomic E-state index is 11.6. The molecule has 92 valence electrons. The summed E-state index contributed by atoms with van der Waals surface area (Å²) in [6.07, 6.45) is -0.526. The van der Waals surface area contributed by atoms with Gasteiger partial charge in [0.25, 0.3) is 5.91 Å². The minimum Gasteiger partial charge on any atom is -0.453 e. The molecule has 0 saturated heterocycles. The Kier molecular flexibility index (Phi) is 5.15. The van der Waals surface area contributed by atoms with E-state index in [9.17, 15) is 9.59 Å². The van der Waals surface area contributed by atoms with Crippen molar-refractivity contribution < 1.29 is 14.3 Å². The number of esters is 1. The molecule has 0 aromatic heterocycles. The van der Waals surface area contributed by atoms with Gasteiger partial charge in [-0.25, -0.2) is 0 Å². The number of hydrogen-bond donors (Lipinski definition) is 1. The second-order valence-corrected chi connectivity index (χ2v) is 4.40. The van der Waals surface area contributed by atoms with Crippen LogP contribution >= 0.6 is 15.9 Å². The van der Waals surface area contributed by atoms with Crippen LogP contribution in [0.1, 0.15) is 20.3 Å². The molecule has 1 aromatic rings. The van der Waals surface area contributed by atoms with E-state index in [1.807, 2.05) is 12.1 Å². The first-order valence-corrected chi connectivity index (χ1v) is 6.08. The minimum absolute atomic E-state index is 0.260. The number of rotatable bonds is 4. The fourth-order valence-corrected chi connectivity index (χ4v) is 1.38. The summed E-state index contributed by atoms with van der Waals surface area (Å²) in [6, 6.07) is 7.16. The van der Waals surface area contributed by atoms with Gasteiger partial charge in [-0.2, -0.15) is 0 Å². The van der Waals surface area contributed by atoms with Crippen LogP contribution in [-0.2, 0) is 14.3 Å². The highest BCUT2D eigenvalue weighted by atomic mass is 79.9. The zero-order valence-electron chi connectivity index (χ0n) is 9.70. The molecule has 1 atom stereocenters. The molecule has 0 spiro atoms. The van der Waals surface area contributed by atoms with Gasteiger partial charge in [-0.1, -0.05) is 22.9 Å². The van der Waals surface area contributed by atoms with E-state index in [-0.39, 0.29) is 18.3 Å². The van der Waals surface area contributed by atoms with Gasteiger partial charge in [0.05, 0.1) is 0 Å². The van der Waals surface area contributed by atoms with Crippen molar-refractivity contribution in [3.8, 4) is 0 Å². The smallest absolute Gasteiger partial charge is 0.306 e. The topological polar surface area (TPSA) is 55.4 Å². The predicted molar refractivity (Wildman–Crippen MR) is 68.6 cm³/mol. The summed E-state index contributed by atoms with van der Waals surface area (Å²) in [5.74, 6) is -0.724. The summed E-state index contributed by atoms with van der Waals surface area (Å²) in [5.41, 5.74) is 0.664. The number of benzene rings is 1. The summed E-state index contributed by atoms with van der Waals surface area (Å²) < 4.78 is 5.83. The number of ether oxygens (including phenoxy) is 1. The number of carbonyl (C=O) groups is 2. The predicted octanol–water partition coefficient (Wildman–Crippen LogP) is 2.73. The Balaban J connectivity index is 2.54. The second kappa shape index (κ2) is 6.39. The summed E-state index contributed by atoms with van der Waals surface area (Å²) in [4.78, 5) is 22.7. The molecule has 0 aliphatic heterocycles. The van der Waals surface area contributed by atoms with E-state index < -0.39 is 6.10 Å². The van der Waals surface area contributed by atoms with Crippen molar-refractivity contribution in [3.05, 3.63) is 28.7 Å². The molecule has 0 aliphatic rings. The summed E-state index contributed by atoms with van der Waals surface area (Å²) in [5, 5.41) is 2.66. The molecular weight excluding hydrogens is 286 g/mol. The van der Waals surface area contributed by atoms with Gasteiger partial charge >= 0.3 is 5.97 Å². The van der Waals surface area contributed by atoms with Crippen molar-refractivity contribution in [2.75, 3.05) is 5.32 Å². The third kappa shape index (κ3) is 4.56. The number of anilines is 1. The molecule has 1 rings (SSSR count). The number of hydrogen-bond acceptors (Lipinski definition) is 3. The van der Waals surface area contributed by atoms with Gasteiger partial charge in [0.2, 0.25) is 0 Å². The lowest BCUT2D eigenvalue weighted by atomic mass is 10.3. The summed E-state index contributed by atoms with van der Waals surface area (Å²) >= 11 is 3.30. The monoisotopic (exact) mass is 299 g/mol. The molecule has 1 N–H and O–H groups in total. The number of amides is 1. The lowest BCUT2D eigenvalue weighted by Gasteiger charge is -2.12. The van der Waals surface area contributed by atoms with Crippen LogP contribution in [0.25, 0.3) is 0 Å². The van der Waals surface area contributed by atoms with Crippen LogP contribution in [0.2, 0.25) is 0 Å². The first-order chi connectivity index (χ1) is 8.02. The molecule has 17 heavy (non-hydrogen) atoms. The zero-order chi connectivity index (χ0) is 12.8. The van der Waals surface area contributed by atoms with Gasteiger partial charge in [0, 0.05) is 16.6 Å². The van der Waals surface area contributed by atoms with E-state index in [4.69, 9.17) is 4.74 Å². The maximum absolute atomic E-state index is 11.6. The molecule has 0 heterocycles. The molecule has 0 unspecified atom stereocenters. The number of halogens is 1. The van der Waals surface area contributed by atoms with Crippen LogP contribution in [0, 0.1) is 0 Å². The summed E-state index contributed by atoms with van der Waals surface area (Å²) in [6.45, 7) is 3.23. The summed E-state index contributed by atoms with van der Waals surface area (Å²) in [7, 11) is 0. The van der Waals surface area contributed by atoms with Crippen LogP contribution in [-0.4, -0.2) is 18.0 Å². The lowest BCUT2D eigenvalue weighted by Crippen LogP contribution is -2.29. The Morgan fingerprint density at radius 2 is 1.94 bits per heavy atom. The van der Waals surface area contributed by atoms with E-state index in [1.54, 1.807) is 26.0 Å². The Labute approximate surface area is 108 Å². The first-order valence-electron chi connectivity index (χ1n) is 5.29. The average Bonchev–Trinajstić information content (AvgIpc) is 2.31. The third-order valence-corrected chi connectivity index (χ3v) is 2.61. The van der Waals surface area contributed by atoms with E-state index in [2.05, 4.69) is 21.2 Å². The van der Waals surface area contributed by atoms with E-state index in [0.29, 0.717) is 5.69 Å². The molecule has 0 radical (unpaired) electrons. The van der Waals surface area contributed by atoms with Crippen molar-refractivity contribution in [3.63, 3.8) is 0 Å². The van der Waals surface area contributed by atoms with Gasteiger partial charge in [-0.15, -0.1) is 0 Å². The highest BCUT2D eigenvalue weighted by Crippen LogP contribution is 2.14. The highest BCUT2D eigenvalue weighted by molar-refractivity contribution is 9.10. The van der Waals surface area contributed by atoms with Gasteiger partial charge in [0.15, 0.2) is 6.10 Å². The number of carbonyl (C=O) groups excluding carboxylic acids is 2. The third-order valence-electron chi connectivity index (χ3n) is 2.08. The Hall–Kier alpha value is -1.36. The van der Waals surface area contributed by atoms with Crippen molar-refractivity contribution in [2.45, 2.75) is 26.4 Å². The molecule has 1 aromatic carbocycles. The van der Waals surface area contributed by atoms with E-state index in [1.165, 1.54) is 0 Å². The largest absolute Gasteiger partial charge is 0.453 e. The van der Waals surface area contributed by atoms with Crippen molar-refractivity contribution in [2.24, 2.45) is 0 Å². The van der Waals surface area contributed by atoms with Crippen molar-refractivity contribution in [1.29, 1.82) is 0 Å². The van der Waals surface area contributed by atoms with Crippen LogP contribution in [0.15, 0.2) is 28.7 Å². The fraction of sp³-hybridized carbons (Fsp3) is 0.333. The van der Waals surface area contributed by atoms with Crippen LogP contribution < -0.4 is 5.32 Å². The quantitative estimate of drug-likeness (QED) is 0.870. The van der Waals surface area contributed by atoms with Crippen molar-refractivity contribution in [1.82, 2.24) is 0 Å². The standard InChI is InChI=1S/C12H14BrNO3/c1-3-11(15)17-8(2)12(16)14-10-6-4-9(13)5-7-10/h4-8H,3H2,1-2H3,(H,14,16)/t8-/m1/s1. The van der Waals surface area contributed by atoms with Gasteiger partial charge in [-0.05, 0) is 31.2 Å². The van der Waals surface area contributed by atoms with Gasteiger partial charge in [0.1, 0.15) is 0 Å². The Morgan fingerprint density at radius 3 is 2.47 bits per heavy atom. The molecule has 0 bridgehead atoms. The fourth-order valence-electron chi connectivity index (χ4n) is 1.11. The Bertz CT molecular complexity index is 403. The maximum Gasteiger partial charge on any atom is 0.306 e. The van der Waals surface area contributed by atoms with Gasteiger partial charge < -0.3 is 10.1 Å². The second-order valence-electron chi connectivity index (χ2n) is 3.48. The van der Waals surface area contributed by atoms with Crippen LogP contribution in [0.3, 0.4) is 0 Å². The molecule has 0 fully saturated rings. The average molecular weight is 300 g/mol. The molecular formula is C12H14BrNO3. The SMILES string of the molecule is CCC(=O)O[C@H](C)C(=O)Nc1ccc(Br)cc1. The van der Waals surface area contributed by atoms with Crippen molar-refractivity contribution >= 4 is 33.5 Å². The normalized spacial score (nSPS) is 11.7. The minimum atomic E-state index is -0.786. The van der Waals surface area contributed by atoms with Gasteiger partial charge in [-0.3, -0.25) is 9.59 Å². The molecule has 0 aliphatic carbocycles. The molecule has 1 amide bonds. The molecule has 5 heteroatoms. The van der Waals surface area contributed by atoms with E-state index >= 15 is 0 Å². The number of nitrogens with one attached hydrogen (secondary N) is 1. The first kappa shape index (κ1) is 13.7. The highest BCUT2D eigenvalue weighted by Gasteiger charge is 2.16. The molecule has 0 saturated carbocycles.